The van der Waals surface area contributed by atoms with Crippen molar-refractivity contribution in [3.63, 3.8) is 0 Å². The minimum absolute atomic E-state index is 0.106. The van der Waals surface area contributed by atoms with E-state index in [0.29, 0.717) is 17.6 Å². The molecule has 1 aliphatic heterocycles. The van der Waals surface area contributed by atoms with Gasteiger partial charge < -0.3 is 20.9 Å². The second-order valence-electron chi connectivity index (χ2n) is 6.80. The molecule has 4 N–H and O–H groups in total. The van der Waals surface area contributed by atoms with Gasteiger partial charge >= 0.3 is 6.18 Å². The van der Waals surface area contributed by atoms with Crippen LogP contribution in [-0.2, 0) is 6.18 Å². The van der Waals surface area contributed by atoms with Crippen molar-refractivity contribution in [1.82, 2.24) is 25.4 Å². The summed E-state index contributed by atoms with van der Waals surface area (Å²) < 4.78 is 52.8. The maximum atomic E-state index is 14.9. The number of hydrogen-bond acceptors (Lipinski definition) is 7. The highest BCUT2D eigenvalue weighted by Crippen LogP contribution is 2.30. The molecule has 1 fully saturated rings. The Bertz CT molecular complexity index is 1070. The van der Waals surface area contributed by atoms with Crippen LogP contribution in [0.2, 0.25) is 0 Å². The molecule has 9 nitrogen and oxygen atoms in total. The van der Waals surface area contributed by atoms with E-state index >= 15 is 0 Å². The Morgan fingerprint density at radius 1 is 1.20 bits per heavy atom. The zero-order valence-corrected chi connectivity index (χ0v) is 15.3. The van der Waals surface area contributed by atoms with E-state index in [2.05, 4.69) is 30.7 Å². The number of anilines is 2. The minimum Gasteiger partial charge on any atom is -0.377 e. The molecule has 13 heteroatoms. The van der Waals surface area contributed by atoms with Gasteiger partial charge in [-0.25, -0.2) is 4.39 Å². The molecule has 4 heterocycles. The van der Waals surface area contributed by atoms with Gasteiger partial charge in [0.1, 0.15) is 6.17 Å². The Labute approximate surface area is 166 Å². The van der Waals surface area contributed by atoms with E-state index in [1.54, 1.807) is 12.3 Å². The number of nitrogens with zero attached hydrogens (tertiary/aromatic N) is 5. The van der Waals surface area contributed by atoms with E-state index < -0.39 is 30.0 Å². The molecule has 1 saturated heterocycles. The van der Waals surface area contributed by atoms with E-state index in [1.807, 2.05) is 0 Å². The van der Waals surface area contributed by atoms with Crippen LogP contribution in [0.15, 0.2) is 24.4 Å². The Balaban J connectivity index is 1.51. The van der Waals surface area contributed by atoms with Gasteiger partial charge in [0.05, 0.1) is 18.3 Å². The monoisotopic (exact) mass is 424 g/mol. The Kier molecular flexibility index (Phi) is 4.87. The van der Waals surface area contributed by atoms with Gasteiger partial charge in [-0.1, -0.05) is 0 Å². The van der Waals surface area contributed by atoms with Crippen LogP contribution in [0.1, 0.15) is 22.6 Å². The summed E-state index contributed by atoms with van der Waals surface area (Å²) in [5.74, 6) is -0.651. The van der Waals surface area contributed by atoms with Crippen molar-refractivity contribution in [3.05, 3.63) is 35.8 Å². The molecule has 158 valence electrons. The van der Waals surface area contributed by atoms with Crippen molar-refractivity contribution in [2.75, 3.05) is 23.3 Å². The predicted molar refractivity (Wildman–Crippen MR) is 98.6 cm³/mol. The van der Waals surface area contributed by atoms with E-state index in [9.17, 15) is 22.4 Å². The Morgan fingerprint density at radius 3 is 2.63 bits per heavy atom. The van der Waals surface area contributed by atoms with E-state index in [-0.39, 0.29) is 30.2 Å². The number of piperidine rings is 1. The summed E-state index contributed by atoms with van der Waals surface area (Å²) in [4.78, 5) is 16.1. The van der Waals surface area contributed by atoms with Crippen molar-refractivity contribution in [1.29, 1.82) is 0 Å². The van der Waals surface area contributed by atoms with Gasteiger partial charge in [-0.3, -0.25) is 4.79 Å². The molecule has 3 aromatic heterocycles. The lowest BCUT2D eigenvalue weighted by molar-refractivity contribution is -0.141. The highest BCUT2D eigenvalue weighted by Gasteiger charge is 2.34. The molecule has 1 aliphatic rings. The van der Waals surface area contributed by atoms with Gasteiger partial charge in [-0.2, -0.15) is 13.2 Å². The van der Waals surface area contributed by atoms with Crippen molar-refractivity contribution in [3.8, 4) is 0 Å². The molecule has 0 bridgehead atoms. The van der Waals surface area contributed by atoms with E-state index in [1.165, 1.54) is 4.90 Å². The molecule has 3 aromatic rings. The average Bonchev–Trinajstić information content (AvgIpc) is 3.18. The largest absolute Gasteiger partial charge is 0.435 e. The summed E-state index contributed by atoms with van der Waals surface area (Å²) >= 11 is 0. The molecule has 0 unspecified atom stereocenters. The van der Waals surface area contributed by atoms with Gasteiger partial charge in [0.2, 0.25) is 0 Å². The number of nitrogens with two attached hydrogens (primary N) is 1. The molecule has 0 radical (unpaired) electrons. The summed E-state index contributed by atoms with van der Waals surface area (Å²) in [6, 6.07) is 2.96. The molecule has 4 rings (SSSR count). The van der Waals surface area contributed by atoms with Gasteiger partial charge in [0, 0.05) is 18.1 Å². The third-order valence-electron chi connectivity index (χ3n) is 4.85. The minimum atomic E-state index is -4.59. The topological polar surface area (TPSA) is 126 Å². The zero-order chi connectivity index (χ0) is 21.5. The van der Waals surface area contributed by atoms with Crippen LogP contribution < -0.4 is 16.0 Å². The standard InChI is InChI=1S/C17H16F4N8O/c18-9-7-29(12-2-1-11(25-26-12)17(19,20)21)6-4-10(9)24-13-8-3-5-23-16(8)28-27-14(13)15(22)30/h1-3,5,9-10H,4,6-7H2,(H2,22,30)(H2,23,24,28)/t9-,10+/m0/s1. The van der Waals surface area contributed by atoms with Crippen LogP contribution in [-0.4, -0.2) is 56.6 Å². The summed E-state index contributed by atoms with van der Waals surface area (Å²) in [5, 5.41) is 18.0. The third-order valence-corrected chi connectivity index (χ3v) is 4.85. The summed E-state index contributed by atoms with van der Waals surface area (Å²) in [6.45, 7) is 0.206. The number of aromatic nitrogens is 5. The molecular formula is C17H16F4N8O. The summed E-state index contributed by atoms with van der Waals surface area (Å²) in [6.07, 6.45) is -4.11. The van der Waals surface area contributed by atoms with Crippen LogP contribution in [0.5, 0.6) is 0 Å². The first-order chi connectivity index (χ1) is 14.2. The number of carbonyl (C=O) groups excluding carboxylic acids is 1. The number of primary amides is 1. The van der Waals surface area contributed by atoms with Gasteiger partial charge in [-0.05, 0) is 24.6 Å². The van der Waals surface area contributed by atoms with Gasteiger partial charge in [0.25, 0.3) is 5.91 Å². The van der Waals surface area contributed by atoms with Crippen LogP contribution in [0.25, 0.3) is 11.0 Å². The fourth-order valence-electron chi connectivity index (χ4n) is 3.35. The number of hydrogen-bond donors (Lipinski definition) is 3. The maximum absolute atomic E-state index is 14.9. The van der Waals surface area contributed by atoms with Gasteiger partial charge in [-0.15, -0.1) is 20.4 Å². The van der Waals surface area contributed by atoms with Gasteiger partial charge in [0.15, 0.2) is 22.9 Å². The molecule has 0 aliphatic carbocycles. The lowest BCUT2D eigenvalue weighted by atomic mass is 10.0. The molecule has 0 saturated carbocycles. The number of nitrogens with one attached hydrogen (secondary N) is 2. The number of fused-ring (bicyclic) bond motifs is 1. The molecule has 30 heavy (non-hydrogen) atoms. The second-order valence-corrected chi connectivity index (χ2v) is 6.80. The van der Waals surface area contributed by atoms with E-state index in [0.717, 1.165) is 12.1 Å². The summed E-state index contributed by atoms with van der Waals surface area (Å²) in [5.41, 5.74) is 4.84. The van der Waals surface area contributed by atoms with Crippen LogP contribution >= 0.6 is 0 Å². The van der Waals surface area contributed by atoms with Crippen molar-refractivity contribution < 1.29 is 22.4 Å². The number of H-pyrrole nitrogens is 1. The first kappa shape index (κ1) is 19.8. The quantitative estimate of drug-likeness (QED) is 0.546. The van der Waals surface area contributed by atoms with Crippen molar-refractivity contribution in [2.24, 2.45) is 5.73 Å². The first-order valence-corrected chi connectivity index (χ1v) is 8.94. The van der Waals surface area contributed by atoms with Crippen LogP contribution in [0, 0.1) is 0 Å². The fourth-order valence-corrected chi connectivity index (χ4v) is 3.35. The van der Waals surface area contributed by atoms with Crippen LogP contribution in [0.4, 0.5) is 29.1 Å². The number of rotatable bonds is 4. The molecule has 0 spiro atoms. The molecule has 0 aromatic carbocycles. The highest BCUT2D eigenvalue weighted by atomic mass is 19.4. The molecule has 2 atom stereocenters. The SMILES string of the molecule is NC(=O)c1nnc2[nH]ccc2c1N[C@@H]1CCN(c2ccc(C(F)(F)F)nn2)C[C@@H]1F. The maximum Gasteiger partial charge on any atom is 0.435 e. The highest BCUT2D eigenvalue weighted by molar-refractivity contribution is 6.04. The Hall–Kier alpha value is -3.51. The molecular weight excluding hydrogens is 408 g/mol. The predicted octanol–water partition coefficient (Wildman–Crippen LogP) is 1.89. The number of halogens is 4. The number of carbonyl (C=O) groups is 1. The number of alkyl halides is 4. The average molecular weight is 424 g/mol. The smallest absolute Gasteiger partial charge is 0.377 e. The lowest BCUT2D eigenvalue weighted by Gasteiger charge is -2.36. The second kappa shape index (κ2) is 7.39. The zero-order valence-electron chi connectivity index (χ0n) is 15.3. The number of aromatic amines is 1. The van der Waals surface area contributed by atoms with Crippen molar-refractivity contribution in [2.45, 2.75) is 24.8 Å². The van der Waals surface area contributed by atoms with E-state index in [4.69, 9.17) is 5.73 Å². The lowest BCUT2D eigenvalue weighted by Crippen LogP contribution is -2.48. The Morgan fingerprint density at radius 2 is 2.00 bits per heavy atom. The molecule has 1 amide bonds. The number of amides is 1. The third kappa shape index (κ3) is 3.69. The summed E-state index contributed by atoms with van der Waals surface area (Å²) in [7, 11) is 0. The van der Waals surface area contributed by atoms with Crippen LogP contribution in [0.3, 0.4) is 0 Å². The first-order valence-electron chi connectivity index (χ1n) is 8.94. The fraction of sp³-hybridized carbons (Fsp3) is 0.353. The van der Waals surface area contributed by atoms with Crippen molar-refractivity contribution >= 4 is 28.4 Å². The normalized spacial score (nSPS) is 19.8.